The van der Waals surface area contributed by atoms with Crippen LogP contribution in [0.15, 0.2) is 72.4 Å². The predicted octanol–water partition coefficient (Wildman–Crippen LogP) is 1.85. The van der Waals surface area contributed by atoms with Crippen molar-refractivity contribution in [3.05, 3.63) is 72.4 Å². The van der Waals surface area contributed by atoms with Gasteiger partial charge in [-0.1, -0.05) is 72.4 Å². The molecule has 1 N–H and O–H groups in total. The minimum atomic E-state index is -2.68. The van der Waals surface area contributed by atoms with E-state index in [4.69, 9.17) is 0 Å². The minimum absolute atomic E-state index is 1.02. The van der Waals surface area contributed by atoms with E-state index >= 15 is 0 Å². The van der Waals surface area contributed by atoms with E-state index in [1.54, 1.807) is 0 Å². The number of rotatable bonds is 3. The van der Waals surface area contributed by atoms with Crippen molar-refractivity contribution in [3.8, 4) is 0 Å². The van der Waals surface area contributed by atoms with Crippen LogP contribution >= 0.6 is 0 Å². The molecule has 2 rings (SSSR count). The van der Waals surface area contributed by atoms with Gasteiger partial charge in [0, 0.05) is 0 Å². The molecule has 1 nitrogen and oxygen atoms in total. The largest absolute Gasteiger partial charge is 0.421 e. The zero-order valence-electron chi connectivity index (χ0n) is 9.88. The molecular formula is C15H16OSi. The summed E-state index contributed by atoms with van der Waals surface area (Å²) >= 11 is 0. The number of allylic oxidation sites excluding steroid dienone is 1. The predicted molar refractivity (Wildman–Crippen MR) is 74.9 cm³/mol. The smallest absolute Gasteiger partial charge is 0.277 e. The van der Waals surface area contributed by atoms with Crippen LogP contribution in [0, 0.1) is 0 Å². The van der Waals surface area contributed by atoms with Crippen molar-refractivity contribution in [3.63, 3.8) is 0 Å². The maximum Gasteiger partial charge on any atom is 0.277 e. The molecule has 0 aliphatic carbocycles. The van der Waals surface area contributed by atoms with Gasteiger partial charge in [-0.3, -0.25) is 0 Å². The van der Waals surface area contributed by atoms with Gasteiger partial charge in [0.1, 0.15) is 0 Å². The fraction of sp³-hybridized carbons (Fsp3) is 0.0667. The van der Waals surface area contributed by atoms with Crippen LogP contribution in [0.3, 0.4) is 0 Å². The fourth-order valence-corrected chi connectivity index (χ4v) is 4.59. The van der Waals surface area contributed by atoms with Crippen LogP contribution in [0.1, 0.15) is 6.92 Å². The Morgan fingerprint density at radius 2 is 1.24 bits per heavy atom. The molecule has 2 heteroatoms. The van der Waals surface area contributed by atoms with Gasteiger partial charge < -0.3 is 4.80 Å². The van der Waals surface area contributed by atoms with Gasteiger partial charge in [0.2, 0.25) is 0 Å². The number of benzene rings is 2. The molecule has 0 aliphatic rings. The van der Waals surface area contributed by atoms with Gasteiger partial charge in [-0.2, -0.15) is 0 Å². The Kier molecular flexibility index (Phi) is 3.57. The van der Waals surface area contributed by atoms with Crippen molar-refractivity contribution >= 4 is 18.7 Å². The lowest BCUT2D eigenvalue weighted by Crippen LogP contribution is -2.57. The normalized spacial score (nSPS) is 11.9. The first-order valence-electron chi connectivity index (χ1n) is 5.74. The monoisotopic (exact) mass is 240 g/mol. The molecule has 0 amide bonds. The van der Waals surface area contributed by atoms with Gasteiger partial charge >= 0.3 is 0 Å². The van der Waals surface area contributed by atoms with Gasteiger partial charge in [0.05, 0.1) is 0 Å². The quantitative estimate of drug-likeness (QED) is 0.812. The van der Waals surface area contributed by atoms with E-state index in [-0.39, 0.29) is 0 Å². The molecule has 0 bridgehead atoms. The Bertz CT molecular complexity index is 451. The molecule has 0 saturated heterocycles. The van der Waals surface area contributed by atoms with Crippen LogP contribution in [0.25, 0.3) is 0 Å². The molecule has 0 radical (unpaired) electrons. The summed E-state index contributed by atoms with van der Waals surface area (Å²) in [5, 5.41) is 2.04. The summed E-state index contributed by atoms with van der Waals surface area (Å²) in [6.07, 6.45) is 1.94. The fourth-order valence-electron chi connectivity index (χ4n) is 1.98. The standard InChI is InChI=1S/C15H16OSi/c1-2-13-17(16,14-9-5-3-6-10-14)15-11-7-4-8-12-15/h2-13,16H,1H3/b13-2+. The van der Waals surface area contributed by atoms with Crippen LogP contribution in [0.2, 0.25) is 0 Å². The van der Waals surface area contributed by atoms with Gasteiger partial charge in [-0.25, -0.2) is 0 Å². The molecular weight excluding hydrogens is 224 g/mol. The second-order valence-electron chi connectivity index (χ2n) is 4.00. The molecule has 0 atom stereocenters. The van der Waals surface area contributed by atoms with Crippen LogP contribution < -0.4 is 10.4 Å². The Morgan fingerprint density at radius 3 is 1.59 bits per heavy atom. The SMILES string of the molecule is C/C=C/[Si](O)(c1ccccc1)c1ccccc1. The molecule has 0 saturated carbocycles. The van der Waals surface area contributed by atoms with Crippen molar-refractivity contribution in [1.29, 1.82) is 0 Å². The van der Waals surface area contributed by atoms with Crippen molar-refractivity contribution in [2.45, 2.75) is 6.92 Å². The highest BCUT2D eigenvalue weighted by molar-refractivity contribution is 7.00. The van der Waals surface area contributed by atoms with Crippen LogP contribution in [-0.4, -0.2) is 13.1 Å². The third-order valence-corrected chi connectivity index (χ3v) is 6.08. The first-order valence-corrected chi connectivity index (χ1v) is 7.77. The average molecular weight is 240 g/mol. The zero-order chi connectivity index (χ0) is 12.1. The molecule has 2 aromatic rings. The van der Waals surface area contributed by atoms with Crippen molar-refractivity contribution < 1.29 is 4.80 Å². The maximum absolute atomic E-state index is 11.0. The molecule has 0 spiro atoms. The molecule has 0 aliphatic heterocycles. The van der Waals surface area contributed by atoms with E-state index < -0.39 is 8.32 Å². The lowest BCUT2D eigenvalue weighted by molar-refractivity contribution is 0.582. The summed E-state index contributed by atoms with van der Waals surface area (Å²) in [5.74, 6) is 0. The van der Waals surface area contributed by atoms with Crippen molar-refractivity contribution in [2.75, 3.05) is 0 Å². The van der Waals surface area contributed by atoms with E-state index in [0.717, 1.165) is 10.4 Å². The summed E-state index contributed by atoms with van der Waals surface area (Å²) in [5.41, 5.74) is 1.96. The van der Waals surface area contributed by atoms with Gasteiger partial charge in [0.15, 0.2) is 0 Å². The van der Waals surface area contributed by atoms with Gasteiger partial charge in [-0.15, -0.1) is 0 Å². The maximum atomic E-state index is 11.0. The third kappa shape index (κ3) is 2.38. The average Bonchev–Trinajstić information content (AvgIpc) is 2.41. The van der Waals surface area contributed by atoms with Gasteiger partial charge in [-0.05, 0) is 17.3 Å². The first kappa shape index (κ1) is 11.8. The summed E-state index contributed by atoms with van der Waals surface area (Å²) < 4.78 is 0. The minimum Gasteiger partial charge on any atom is -0.421 e. The number of hydrogen-bond donors (Lipinski definition) is 1. The molecule has 86 valence electrons. The highest BCUT2D eigenvalue weighted by Crippen LogP contribution is 2.04. The highest BCUT2D eigenvalue weighted by atomic mass is 28.4. The molecule has 0 heterocycles. The Hall–Kier alpha value is -1.64. The summed E-state index contributed by atoms with van der Waals surface area (Å²) in [7, 11) is -2.68. The molecule has 2 aromatic carbocycles. The Balaban J connectivity index is 2.55. The van der Waals surface area contributed by atoms with Crippen LogP contribution in [-0.2, 0) is 0 Å². The molecule has 0 fully saturated rings. The summed E-state index contributed by atoms with van der Waals surface area (Å²) in [6.45, 7) is 1.95. The first-order chi connectivity index (χ1) is 8.27. The Labute approximate surface area is 103 Å². The summed E-state index contributed by atoms with van der Waals surface area (Å²) in [6, 6.07) is 19.8. The second-order valence-corrected chi connectivity index (χ2v) is 7.02. The number of hydrogen-bond acceptors (Lipinski definition) is 1. The van der Waals surface area contributed by atoms with Crippen molar-refractivity contribution in [1.82, 2.24) is 0 Å². The van der Waals surface area contributed by atoms with E-state index in [1.165, 1.54) is 0 Å². The van der Waals surface area contributed by atoms with E-state index in [1.807, 2.05) is 79.4 Å². The van der Waals surface area contributed by atoms with E-state index in [2.05, 4.69) is 0 Å². The van der Waals surface area contributed by atoms with Crippen molar-refractivity contribution in [2.24, 2.45) is 0 Å². The van der Waals surface area contributed by atoms with E-state index in [0.29, 0.717) is 0 Å². The van der Waals surface area contributed by atoms with Gasteiger partial charge in [0.25, 0.3) is 8.32 Å². The lowest BCUT2D eigenvalue weighted by atomic mass is 10.4. The zero-order valence-corrected chi connectivity index (χ0v) is 10.9. The third-order valence-electron chi connectivity index (χ3n) is 2.84. The van der Waals surface area contributed by atoms with E-state index in [9.17, 15) is 4.80 Å². The lowest BCUT2D eigenvalue weighted by Gasteiger charge is -2.22. The summed E-state index contributed by atoms with van der Waals surface area (Å²) in [4.78, 5) is 11.0. The molecule has 17 heavy (non-hydrogen) atoms. The van der Waals surface area contributed by atoms with Crippen LogP contribution in [0.5, 0.6) is 0 Å². The second kappa shape index (κ2) is 5.12. The topological polar surface area (TPSA) is 20.2 Å². The highest BCUT2D eigenvalue weighted by Gasteiger charge is 2.32. The molecule has 0 aromatic heterocycles. The Morgan fingerprint density at radius 1 is 0.824 bits per heavy atom. The van der Waals surface area contributed by atoms with Crippen LogP contribution in [0.4, 0.5) is 0 Å². The molecule has 0 unspecified atom stereocenters.